The van der Waals surface area contributed by atoms with E-state index in [1.807, 2.05) is 50.1 Å². The number of Topliss-reactive ketones (excluding diaryl/α,β-unsaturated/α-hetero) is 1. The molecule has 0 amide bonds. The van der Waals surface area contributed by atoms with Crippen LogP contribution in [-0.4, -0.2) is 53.3 Å². The van der Waals surface area contributed by atoms with Gasteiger partial charge in [0.05, 0.1) is 5.69 Å². The van der Waals surface area contributed by atoms with Gasteiger partial charge in [-0.1, -0.05) is 12.2 Å². The van der Waals surface area contributed by atoms with E-state index in [4.69, 9.17) is 12.2 Å². The van der Waals surface area contributed by atoms with E-state index in [1.54, 1.807) is 19.1 Å². The molecular weight excluding hydrogens is 326 g/mol. The van der Waals surface area contributed by atoms with Crippen LogP contribution in [0.5, 0.6) is 0 Å². The van der Waals surface area contributed by atoms with E-state index in [0.29, 0.717) is 5.56 Å². The first-order valence-electron chi connectivity index (χ1n) is 6.07. The number of ketones is 1. The maximum Gasteiger partial charge on any atom is 0.170 e. The lowest BCUT2D eigenvalue weighted by Crippen LogP contribution is -2.24. The maximum absolute atomic E-state index is 11.2. The minimum absolute atomic E-state index is 0. The number of hydrogen-bond acceptors (Lipinski definition) is 4. The third-order valence-electron chi connectivity index (χ3n) is 2.42. The molecule has 0 heterocycles. The van der Waals surface area contributed by atoms with E-state index in [-0.39, 0.29) is 18.2 Å². The molecule has 0 atom stereocenters. The summed E-state index contributed by atoms with van der Waals surface area (Å²) in [7, 11) is 7.66. The van der Waals surface area contributed by atoms with Crippen LogP contribution >= 0.6 is 36.4 Å². The van der Waals surface area contributed by atoms with Gasteiger partial charge in [0.2, 0.25) is 0 Å². The van der Waals surface area contributed by atoms with Crippen molar-refractivity contribution in [1.29, 1.82) is 0 Å². The Balaban J connectivity index is 0.00000400. The van der Waals surface area contributed by atoms with Crippen molar-refractivity contribution < 1.29 is 4.79 Å². The third kappa shape index (κ3) is 6.46. The molecule has 0 bridgehead atoms. The molecule has 0 N–H and O–H groups in total. The Labute approximate surface area is 142 Å². The molecule has 0 aromatic heterocycles. The van der Waals surface area contributed by atoms with Gasteiger partial charge >= 0.3 is 0 Å². The lowest BCUT2D eigenvalue weighted by atomic mass is 10.1. The van der Waals surface area contributed by atoms with E-state index >= 15 is 0 Å². The van der Waals surface area contributed by atoms with Crippen molar-refractivity contribution in [2.45, 2.75) is 6.92 Å². The molecule has 21 heavy (non-hydrogen) atoms. The predicted octanol–water partition coefficient (Wildman–Crippen LogP) is 3.44. The molecule has 0 fully saturated rings. The minimum atomic E-state index is 0. The largest absolute Gasteiger partial charge is 0.363 e. The van der Waals surface area contributed by atoms with Gasteiger partial charge in [0, 0.05) is 33.8 Å². The van der Waals surface area contributed by atoms with Gasteiger partial charge in [-0.25, -0.2) is 4.99 Å². The Bertz CT molecular complexity index is 528. The predicted molar refractivity (Wildman–Crippen MR) is 98.4 cm³/mol. The highest BCUT2D eigenvalue weighted by molar-refractivity contribution is 8.32. The van der Waals surface area contributed by atoms with Crippen molar-refractivity contribution in [2.75, 3.05) is 28.2 Å². The average Bonchev–Trinajstić information content (AvgIpc) is 2.38. The molecule has 0 saturated heterocycles. The second-order valence-corrected chi connectivity index (χ2v) is 6.26. The van der Waals surface area contributed by atoms with E-state index in [0.717, 1.165) is 15.2 Å². The molecule has 1 rings (SSSR count). The van der Waals surface area contributed by atoms with Gasteiger partial charge in [-0.05, 0) is 43.0 Å². The topological polar surface area (TPSA) is 35.9 Å². The van der Waals surface area contributed by atoms with Crippen molar-refractivity contribution in [3.8, 4) is 0 Å². The van der Waals surface area contributed by atoms with Crippen molar-refractivity contribution in [3.63, 3.8) is 0 Å². The van der Waals surface area contributed by atoms with E-state index in [2.05, 4.69) is 4.99 Å². The third-order valence-corrected chi connectivity index (χ3v) is 4.22. The summed E-state index contributed by atoms with van der Waals surface area (Å²) in [5.41, 5.74) is 1.49. The van der Waals surface area contributed by atoms with E-state index < -0.39 is 0 Å². The summed E-state index contributed by atoms with van der Waals surface area (Å²) in [5.74, 6) is 0.0523. The Morgan fingerprint density at radius 1 is 1.10 bits per heavy atom. The van der Waals surface area contributed by atoms with Crippen LogP contribution < -0.4 is 0 Å². The maximum atomic E-state index is 11.2. The first-order valence-corrected chi connectivity index (χ1v) is 7.30. The average molecular weight is 346 g/mol. The number of hydrogen-bond donors (Lipinski definition) is 0. The van der Waals surface area contributed by atoms with Crippen LogP contribution in [0.4, 0.5) is 5.69 Å². The molecule has 0 saturated carbocycles. The summed E-state index contributed by atoms with van der Waals surface area (Å²) in [6, 6.07) is 7.23. The summed E-state index contributed by atoms with van der Waals surface area (Å²) in [6.45, 7) is 1.55. The second-order valence-electron chi connectivity index (χ2n) is 4.65. The number of rotatable bonds is 2. The van der Waals surface area contributed by atoms with E-state index in [9.17, 15) is 4.79 Å². The SMILES string of the molecule is CC(=O)c1ccc(N=C(SC(=S)N(C)C)N(C)C)cc1.Cl. The first-order chi connectivity index (χ1) is 9.31. The number of nitrogens with zero attached hydrogens (tertiary/aromatic N) is 3. The highest BCUT2D eigenvalue weighted by Gasteiger charge is 2.09. The summed E-state index contributed by atoms with van der Waals surface area (Å²) >= 11 is 6.71. The number of aliphatic imine (C=N–C) groups is 1. The summed E-state index contributed by atoms with van der Waals surface area (Å²) in [5, 5.41) is 0.805. The zero-order chi connectivity index (χ0) is 15.3. The smallest absolute Gasteiger partial charge is 0.170 e. The standard InChI is InChI=1S/C14H19N3OS2.ClH/c1-10(18)11-6-8-12(9-7-11)15-13(16(2)3)20-14(19)17(4)5;/h6-9H,1-5H3;1H. The van der Waals surface area contributed by atoms with Crippen LogP contribution in [0, 0.1) is 0 Å². The van der Waals surface area contributed by atoms with Crippen LogP contribution in [0.1, 0.15) is 17.3 Å². The zero-order valence-corrected chi connectivity index (χ0v) is 15.2. The van der Waals surface area contributed by atoms with E-state index in [1.165, 1.54) is 11.8 Å². The molecule has 0 spiro atoms. The molecule has 116 valence electrons. The lowest BCUT2D eigenvalue weighted by Gasteiger charge is -2.18. The minimum Gasteiger partial charge on any atom is -0.363 e. The molecule has 0 unspecified atom stereocenters. The number of benzene rings is 1. The number of thiocarbonyl (C=S) groups is 1. The molecule has 1 aromatic rings. The van der Waals surface area contributed by atoms with Gasteiger partial charge in [-0.2, -0.15) is 0 Å². The van der Waals surface area contributed by atoms with Gasteiger partial charge in [0.1, 0.15) is 4.32 Å². The molecular formula is C14H20ClN3OS2. The molecule has 0 aliphatic heterocycles. The molecule has 1 aromatic carbocycles. The fraction of sp³-hybridized carbons (Fsp3) is 0.357. The fourth-order valence-corrected chi connectivity index (χ4v) is 2.16. The van der Waals surface area contributed by atoms with Crippen LogP contribution in [0.3, 0.4) is 0 Å². The molecule has 7 heteroatoms. The van der Waals surface area contributed by atoms with Crippen LogP contribution in [0.25, 0.3) is 0 Å². The first kappa shape index (κ1) is 19.9. The molecule has 0 radical (unpaired) electrons. The Kier molecular flexibility index (Phi) is 8.54. The number of amidine groups is 1. The summed E-state index contributed by atoms with van der Waals surface area (Å²) in [4.78, 5) is 19.6. The van der Waals surface area contributed by atoms with Crippen LogP contribution in [0.2, 0.25) is 0 Å². The number of carbonyl (C=O) groups is 1. The van der Waals surface area contributed by atoms with Gasteiger partial charge in [-0.15, -0.1) is 12.4 Å². The summed E-state index contributed by atoms with van der Waals surface area (Å²) < 4.78 is 0.748. The highest BCUT2D eigenvalue weighted by atomic mass is 35.5. The fourth-order valence-electron chi connectivity index (χ4n) is 1.26. The molecule has 0 aliphatic carbocycles. The van der Waals surface area contributed by atoms with Crippen molar-refractivity contribution in [2.24, 2.45) is 4.99 Å². The van der Waals surface area contributed by atoms with Crippen LogP contribution in [0.15, 0.2) is 29.3 Å². The van der Waals surface area contributed by atoms with Crippen LogP contribution in [-0.2, 0) is 0 Å². The quantitative estimate of drug-likeness (QED) is 0.355. The zero-order valence-electron chi connectivity index (χ0n) is 12.8. The number of carbonyl (C=O) groups excluding carboxylic acids is 1. The monoisotopic (exact) mass is 345 g/mol. The Hall–Kier alpha value is -1.11. The normalized spacial score (nSPS) is 10.6. The lowest BCUT2D eigenvalue weighted by molar-refractivity contribution is 0.101. The number of halogens is 1. The highest BCUT2D eigenvalue weighted by Crippen LogP contribution is 2.19. The molecule has 0 aliphatic rings. The van der Waals surface area contributed by atoms with Gasteiger partial charge in [0.15, 0.2) is 11.0 Å². The van der Waals surface area contributed by atoms with Crippen molar-refractivity contribution in [3.05, 3.63) is 29.8 Å². The summed E-state index contributed by atoms with van der Waals surface area (Å²) in [6.07, 6.45) is 0. The Morgan fingerprint density at radius 2 is 1.62 bits per heavy atom. The van der Waals surface area contributed by atoms with Gasteiger partial charge < -0.3 is 9.80 Å². The van der Waals surface area contributed by atoms with Crippen molar-refractivity contribution in [1.82, 2.24) is 9.80 Å². The van der Waals surface area contributed by atoms with Gasteiger partial charge in [-0.3, -0.25) is 4.79 Å². The second kappa shape index (κ2) is 9.02. The number of thioether (sulfide) groups is 1. The Morgan fingerprint density at radius 3 is 2.00 bits per heavy atom. The van der Waals surface area contributed by atoms with Gasteiger partial charge in [0.25, 0.3) is 0 Å². The molecule has 4 nitrogen and oxygen atoms in total. The van der Waals surface area contributed by atoms with Crippen molar-refractivity contribution >= 4 is 57.3 Å².